The molecule has 2 heterocycles. The third-order valence-corrected chi connectivity index (χ3v) is 2.95. The van der Waals surface area contributed by atoms with Gasteiger partial charge in [0.25, 0.3) is 5.91 Å². The van der Waals surface area contributed by atoms with Gasteiger partial charge < -0.3 is 15.4 Å². The standard InChI is InChI=1S/C10H16N4O2/c1-16-7-2-4-14(5-3-7)10(15)9-8(11)6-12-13-9/h6-7H,2-5,11H2,1H3,(H,12,13). The van der Waals surface area contributed by atoms with Gasteiger partial charge in [-0.2, -0.15) is 5.10 Å². The number of nitrogens with zero attached hydrogens (tertiary/aromatic N) is 2. The molecule has 1 fully saturated rings. The molecule has 0 bridgehead atoms. The van der Waals surface area contributed by atoms with E-state index in [4.69, 9.17) is 10.5 Å². The first-order valence-electron chi connectivity index (χ1n) is 5.33. The van der Waals surface area contributed by atoms with Crippen molar-refractivity contribution in [3.05, 3.63) is 11.9 Å². The number of carbonyl (C=O) groups excluding carboxylic acids is 1. The molecule has 1 saturated heterocycles. The number of carbonyl (C=O) groups is 1. The number of hydrogen-bond acceptors (Lipinski definition) is 4. The van der Waals surface area contributed by atoms with Gasteiger partial charge in [-0.05, 0) is 12.8 Å². The van der Waals surface area contributed by atoms with E-state index in [0.717, 1.165) is 12.8 Å². The Morgan fingerprint density at radius 2 is 2.31 bits per heavy atom. The largest absolute Gasteiger partial charge is 0.396 e. The minimum Gasteiger partial charge on any atom is -0.396 e. The Kier molecular flexibility index (Phi) is 3.09. The van der Waals surface area contributed by atoms with Crippen LogP contribution in [0, 0.1) is 0 Å². The smallest absolute Gasteiger partial charge is 0.274 e. The second-order valence-electron chi connectivity index (χ2n) is 3.93. The molecule has 16 heavy (non-hydrogen) atoms. The highest BCUT2D eigenvalue weighted by molar-refractivity contribution is 5.97. The second-order valence-corrected chi connectivity index (χ2v) is 3.93. The summed E-state index contributed by atoms with van der Waals surface area (Å²) in [5.74, 6) is -0.0791. The molecule has 0 unspecified atom stereocenters. The zero-order chi connectivity index (χ0) is 11.5. The zero-order valence-corrected chi connectivity index (χ0v) is 9.27. The fourth-order valence-corrected chi connectivity index (χ4v) is 1.92. The van der Waals surface area contributed by atoms with Crippen molar-refractivity contribution in [2.45, 2.75) is 18.9 Å². The maximum atomic E-state index is 12.0. The second kappa shape index (κ2) is 4.52. The molecule has 1 amide bonds. The van der Waals surface area contributed by atoms with Crippen LogP contribution >= 0.6 is 0 Å². The average Bonchev–Trinajstić information content (AvgIpc) is 2.75. The Balaban J connectivity index is 2.00. The monoisotopic (exact) mass is 224 g/mol. The first-order valence-corrected chi connectivity index (χ1v) is 5.33. The van der Waals surface area contributed by atoms with Crippen LogP contribution in [0.2, 0.25) is 0 Å². The lowest BCUT2D eigenvalue weighted by Gasteiger charge is -2.30. The van der Waals surface area contributed by atoms with Crippen molar-refractivity contribution >= 4 is 11.6 Å². The Hall–Kier alpha value is -1.56. The highest BCUT2D eigenvalue weighted by atomic mass is 16.5. The predicted molar refractivity (Wildman–Crippen MR) is 58.9 cm³/mol. The van der Waals surface area contributed by atoms with Crippen LogP contribution in [0.3, 0.4) is 0 Å². The number of amides is 1. The molecule has 88 valence electrons. The minimum absolute atomic E-state index is 0.0791. The van der Waals surface area contributed by atoms with E-state index >= 15 is 0 Å². The van der Waals surface area contributed by atoms with E-state index in [9.17, 15) is 4.79 Å². The number of aromatic nitrogens is 2. The van der Waals surface area contributed by atoms with Crippen molar-refractivity contribution in [3.63, 3.8) is 0 Å². The summed E-state index contributed by atoms with van der Waals surface area (Å²) in [6, 6.07) is 0. The van der Waals surface area contributed by atoms with Crippen molar-refractivity contribution < 1.29 is 9.53 Å². The molecule has 0 saturated carbocycles. The van der Waals surface area contributed by atoms with E-state index in [1.807, 2.05) is 0 Å². The normalized spacial score (nSPS) is 17.7. The molecule has 2 rings (SSSR count). The van der Waals surface area contributed by atoms with Gasteiger partial charge in [0.15, 0.2) is 0 Å². The van der Waals surface area contributed by atoms with Gasteiger partial charge in [0, 0.05) is 20.2 Å². The van der Waals surface area contributed by atoms with Gasteiger partial charge in [0.2, 0.25) is 0 Å². The van der Waals surface area contributed by atoms with Crippen molar-refractivity contribution in [1.29, 1.82) is 0 Å². The fourth-order valence-electron chi connectivity index (χ4n) is 1.92. The van der Waals surface area contributed by atoms with Gasteiger partial charge in [-0.3, -0.25) is 9.89 Å². The maximum absolute atomic E-state index is 12.0. The van der Waals surface area contributed by atoms with Gasteiger partial charge in [-0.25, -0.2) is 0 Å². The van der Waals surface area contributed by atoms with Crippen LogP contribution in [0.25, 0.3) is 0 Å². The number of nitrogen functional groups attached to an aromatic ring is 1. The Morgan fingerprint density at radius 1 is 1.62 bits per heavy atom. The fraction of sp³-hybridized carbons (Fsp3) is 0.600. The van der Waals surface area contributed by atoms with Crippen LogP contribution in [0.4, 0.5) is 5.69 Å². The van der Waals surface area contributed by atoms with Gasteiger partial charge >= 0.3 is 0 Å². The summed E-state index contributed by atoms with van der Waals surface area (Å²) in [6.45, 7) is 1.41. The maximum Gasteiger partial charge on any atom is 0.274 e. The number of nitrogens with two attached hydrogens (primary N) is 1. The molecular weight excluding hydrogens is 208 g/mol. The molecule has 6 heteroatoms. The lowest BCUT2D eigenvalue weighted by Crippen LogP contribution is -2.41. The summed E-state index contributed by atoms with van der Waals surface area (Å²) < 4.78 is 5.25. The minimum atomic E-state index is -0.0791. The lowest BCUT2D eigenvalue weighted by atomic mass is 10.1. The number of hydrogen-bond donors (Lipinski definition) is 2. The van der Waals surface area contributed by atoms with Crippen LogP contribution in [0.1, 0.15) is 23.3 Å². The number of piperidine rings is 1. The Labute approximate surface area is 93.8 Å². The molecule has 0 spiro atoms. The number of rotatable bonds is 2. The number of ether oxygens (including phenoxy) is 1. The highest BCUT2D eigenvalue weighted by Crippen LogP contribution is 2.17. The molecule has 1 aliphatic rings. The molecule has 1 aromatic heterocycles. The van der Waals surface area contributed by atoms with Crippen molar-refractivity contribution in [2.75, 3.05) is 25.9 Å². The van der Waals surface area contributed by atoms with E-state index in [-0.39, 0.29) is 12.0 Å². The van der Waals surface area contributed by atoms with Gasteiger partial charge in [0.05, 0.1) is 18.0 Å². The average molecular weight is 224 g/mol. The van der Waals surface area contributed by atoms with Crippen LogP contribution in [0.5, 0.6) is 0 Å². The third kappa shape index (κ3) is 2.01. The van der Waals surface area contributed by atoms with Crippen molar-refractivity contribution in [2.24, 2.45) is 0 Å². The van der Waals surface area contributed by atoms with Crippen LogP contribution < -0.4 is 5.73 Å². The van der Waals surface area contributed by atoms with Gasteiger partial charge in [0.1, 0.15) is 5.69 Å². The third-order valence-electron chi connectivity index (χ3n) is 2.95. The number of anilines is 1. The number of H-pyrrole nitrogens is 1. The Bertz CT molecular complexity index is 369. The molecule has 1 aliphatic heterocycles. The summed E-state index contributed by atoms with van der Waals surface area (Å²) in [5.41, 5.74) is 6.42. The van der Waals surface area contributed by atoms with Gasteiger partial charge in [-0.15, -0.1) is 0 Å². The van der Waals surface area contributed by atoms with Crippen LogP contribution in [0.15, 0.2) is 6.20 Å². The highest BCUT2D eigenvalue weighted by Gasteiger charge is 2.25. The lowest BCUT2D eigenvalue weighted by molar-refractivity contribution is 0.0348. The van der Waals surface area contributed by atoms with Crippen molar-refractivity contribution in [3.8, 4) is 0 Å². The Morgan fingerprint density at radius 3 is 2.81 bits per heavy atom. The predicted octanol–water partition coefficient (Wildman–Crippen LogP) is 0.243. The first-order chi connectivity index (χ1) is 7.72. The molecule has 0 radical (unpaired) electrons. The van der Waals surface area contributed by atoms with E-state index in [0.29, 0.717) is 24.5 Å². The molecule has 0 aliphatic carbocycles. The van der Waals surface area contributed by atoms with E-state index in [1.54, 1.807) is 12.0 Å². The number of nitrogens with one attached hydrogen (secondary N) is 1. The summed E-state index contributed by atoms with van der Waals surface area (Å²) in [4.78, 5) is 13.8. The number of methoxy groups -OCH3 is 1. The number of likely N-dealkylation sites (tertiary alicyclic amines) is 1. The van der Waals surface area contributed by atoms with Crippen molar-refractivity contribution in [1.82, 2.24) is 15.1 Å². The quantitative estimate of drug-likeness (QED) is 0.753. The summed E-state index contributed by atoms with van der Waals surface area (Å²) in [6.07, 6.45) is 3.46. The number of aromatic amines is 1. The first kappa shape index (κ1) is 10.9. The molecule has 0 atom stereocenters. The molecule has 6 nitrogen and oxygen atoms in total. The van der Waals surface area contributed by atoms with E-state index in [2.05, 4.69) is 10.2 Å². The van der Waals surface area contributed by atoms with Crippen LogP contribution in [-0.2, 0) is 4.74 Å². The topological polar surface area (TPSA) is 84.2 Å². The summed E-state index contributed by atoms with van der Waals surface area (Å²) in [5, 5.41) is 6.38. The zero-order valence-electron chi connectivity index (χ0n) is 9.27. The molecule has 1 aromatic rings. The SMILES string of the molecule is COC1CCN(C(=O)c2[nH]ncc2N)CC1. The molecule has 3 N–H and O–H groups in total. The summed E-state index contributed by atoms with van der Waals surface area (Å²) in [7, 11) is 1.70. The van der Waals surface area contributed by atoms with E-state index in [1.165, 1.54) is 6.20 Å². The molecule has 0 aromatic carbocycles. The molecular formula is C10H16N4O2. The van der Waals surface area contributed by atoms with Crippen LogP contribution in [-0.4, -0.2) is 47.3 Å². The summed E-state index contributed by atoms with van der Waals surface area (Å²) >= 11 is 0. The van der Waals surface area contributed by atoms with Gasteiger partial charge in [-0.1, -0.05) is 0 Å². The van der Waals surface area contributed by atoms with E-state index < -0.39 is 0 Å².